The van der Waals surface area contributed by atoms with Crippen LogP contribution in [0.1, 0.15) is 6.92 Å². The molecule has 0 saturated carbocycles. The van der Waals surface area contributed by atoms with Gasteiger partial charge in [0.05, 0.1) is 0 Å². The lowest BCUT2D eigenvalue weighted by atomic mass is 10.1. The van der Waals surface area contributed by atoms with E-state index in [4.69, 9.17) is 14.5 Å². The minimum absolute atomic E-state index is 0.769. The topological polar surface area (TPSA) is 57.5 Å². The zero-order valence-corrected chi connectivity index (χ0v) is 14.0. The van der Waals surface area contributed by atoms with Crippen molar-refractivity contribution in [3.05, 3.63) is 78.9 Å². The number of rotatable bonds is 2. The maximum atomic E-state index is 9.00. The van der Waals surface area contributed by atoms with Gasteiger partial charge >= 0.3 is 0 Å². The van der Waals surface area contributed by atoms with Crippen LogP contribution >= 0.6 is 12.0 Å². The van der Waals surface area contributed by atoms with Crippen molar-refractivity contribution in [3.63, 3.8) is 0 Å². The molecule has 2 N–H and O–H groups in total. The average molecular weight is 338 g/mol. The first-order valence-electron chi connectivity index (χ1n) is 7.37. The molecule has 2 aliphatic rings. The smallest absolute Gasteiger partial charge is 0.300 e. The van der Waals surface area contributed by atoms with Crippen LogP contribution in [0.15, 0.2) is 83.8 Å². The maximum Gasteiger partial charge on any atom is 0.300 e. The first-order valence-corrected chi connectivity index (χ1v) is 8.15. The molecule has 0 radical (unpaired) electrons. The highest BCUT2D eigenvalue weighted by molar-refractivity contribution is 7.93. The number of aliphatic carboxylic acids is 1. The molecule has 4 heteroatoms. The summed E-state index contributed by atoms with van der Waals surface area (Å²) >= 11 is 0.769. The van der Waals surface area contributed by atoms with Crippen LogP contribution in [0.5, 0.6) is 0 Å². The fourth-order valence-electron chi connectivity index (χ4n) is 2.10. The lowest BCUT2D eigenvalue weighted by Gasteiger charge is -1.95. The van der Waals surface area contributed by atoms with Gasteiger partial charge in [-0.05, 0) is 40.5 Å². The molecule has 2 aromatic rings. The fraction of sp³-hybridized carbons (Fsp3) is 0.0500. The van der Waals surface area contributed by atoms with Crippen molar-refractivity contribution < 1.29 is 14.5 Å². The van der Waals surface area contributed by atoms with E-state index in [2.05, 4.69) is 48.5 Å². The molecule has 4 rings (SSSR count). The molecule has 3 nitrogen and oxygen atoms in total. The lowest BCUT2D eigenvalue weighted by Crippen LogP contribution is -1.78. The van der Waals surface area contributed by atoms with Gasteiger partial charge in [-0.25, -0.2) is 0 Å². The SMILES string of the molecule is CC(=O)O.OSc1ccccc1.c1ccc(-c2ccc3cc2-3)cc1. The van der Waals surface area contributed by atoms with E-state index in [0.29, 0.717) is 0 Å². The summed E-state index contributed by atoms with van der Waals surface area (Å²) in [5.74, 6) is -0.833. The van der Waals surface area contributed by atoms with Crippen LogP contribution in [0.2, 0.25) is 0 Å². The molecule has 0 amide bonds. The van der Waals surface area contributed by atoms with Crippen LogP contribution in [0.3, 0.4) is 0 Å². The number of hydrogen-bond acceptors (Lipinski definition) is 3. The monoisotopic (exact) mass is 338 g/mol. The van der Waals surface area contributed by atoms with E-state index in [9.17, 15) is 0 Å². The molecular weight excluding hydrogens is 320 g/mol. The predicted molar refractivity (Wildman–Crippen MR) is 99.1 cm³/mol. The van der Waals surface area contributed by atoms with Gasteiger partial charge in [0, 0.05) is 23.9 Å². The molecule has 2 aliphatic carbocycles. The Morgan fingerprint density at radius 2 is 1.33 bits per heavy atom. The Bertz CT molecular complexity index is 782. The van der Waals surface area contributed by atoms with Gasteiger partial charge in [0.2, 0.25) is 0 Å². The Morgan fingerprint density at radius 3 is 1.71 bits per heavy atom. The molecule has 24 heavy (non-hydrogen) atoms. The largest absolute Gasteiger partial charge is 0.481 e. The Hall–Kier alpha value is -2.56. The first-order chi connectivity index (χ1) is 11.6. The third-order valence-electron chi connectivity index (χ3n) is 3.18. The van der Waals surface area contributed by atoms with Crippen LogP contribution in [0.25, 0.3) is 22.3 Å². The summed E-state index contributed by atoms with van der Waals surface area (Å²) in [5, 5.41) is 7.42. The zero-order valence-electron chi connectivity index (χ0n) is 13.2. The quantitative estimate of drug-likeness (QED) is 0.462. The Morgan fingerprint density at radius 1 is 0.792 bits per heavy atom. The number of carboxylic acid groups (broad SMARTS) is 1. The van der Waals surface area contributed by atoms with E-state index < -0.39 is 5.97 Å². The van der Waals surface area contributed by atoms with Gasteiger partial charge in [-0.3, -0.25) is 4.79 Å². The van der Waals surface area contributed by atoms with Gasteiger partial charge in [0.15, 0.2) is 0 Å². The van der Waals surface area contributed by atoms with Gasteiger partial charge in [0.25, 0.3) is 5.97 Å². The average Bonchev–Trinajstić information content (AvgIpc) is 3.26. The molecular formula is C20H18O3S. The van der Waals surface area contributed by atoms with E-state index in [1.807, 2.05) is 30.3 Å². The van der Waals surface area contributed by atoms with Gasteiger partial charge in [-0.2, -0.15) is 0 Å². The molecule has 0 aliphatic heterocycles. The molecule has 0 spiro atoms. The minimum Gasteiger partial charge on any atom is -0.481 e. The second-order valence-electron chi connectivity index (χ2n) is 5.05. The normalized spacial score (nSPS) is 9.75. The standard InChI is InChI=1S/C12H8.C6H6OS.C2H4O2/c1-2-4-9(5-3-1)11-7-6-10-8-12(10)11;7-8-6-4-2-1-3-5-6;1-2(3)4/h1-8H;1-5,7H;1H3,(H,3,4). The third-order valence-corrected chi connectivity index (χ3v) is 3.66. The van der Waals surface area contributed by atoms with Gasteiger partial charge in [0.1, 0.15) is 0 Å². The van der Waals surface area contributed by atoms with Crippen molar-refractivity contribution in [2.24, 2.45) is 0 Å². The molecule has 2 aromatic carbocycles. The molecule has 0 heterocycles. The zero-order chi connectivity index (χ0) is 17.4. The Balaban J connectivity index is 0.000000151. The molecule has 0 unspecified atom stereocenters. The third kappa shape index (κ3) is 5.57. The highest BCUT2D eigenvalue weighted by atomic mass is 32.2. The predicted octanol–water partition coefficient (Wildman–Crippen LogP) is 5.68. The molecule has 0 bridgehead atoms. The first kappa shape index (κ1) is 17.8. The van der Waals surface area contributed by atoms with Gasteiger partial charge in [-0.1, -0.05) is 60.7 Å². The summed E-state index contributed by atoms with van der Waals surface area (Å²) < 4.78 is 8.45. The van der Waals surface area contributed by atoms with Gasteiger partial charge in [-0.15, -0.1) is 0 Å². The summed E-state index contributed by atoms with van der Waals surface area (Å²) in [7, 11) is 0. The van der Waals surface area contributed by atoms with Crippen LogP contribution < -0.4 is 0 Å². The van der Waals surface area contributed by atoms with E-state index >= 15 is 0 Å². The number of carbonyl (C=O) groups is 1. The summed E-state index contributed by atoms with van der Waals surface area (Å²) in [6.45, 7) is 1.08. The Labute approximate surface area is 145 Å². The Kier molecular flexibility index (Phi) is 6.61. The summed E-state index contributed by atoms with van der Waals surface area (Å²) in [6, 6.07) is 26.5. The van der Waals surface area contributed by atoms with Crippen LogP contribution in [-0.2, 0) is 4.79 Å². The molecule has 122 valence electrons. The maximum absolute atomic E-state index is 9.00. The summed E-state index contributed by atoms with van der Waals surface area (Å²) in [6.07, 6.45) is 0. The van der Waals surface area contributed by atoms with Crippen molar-refractivity contribution in [3.8, 4) is 22.3 Å². The number of fused-ring (bicyclic) bond motifs is 1. The second kappa shape index (κ2) is 8.91. The second-order valence-corrected chi connectivity index (χ2v) is 5.70. The van der Waals surface area contributed by atoms with Crippen molar-refractivity contribution >= 4 is 18.0 Å². The van der Waals surface area contributed by atoms with Crippen LogP contribution in [0, 0.1) is 0 Å². The number of hydrogen-bond donors (Lipinski definition) is 2. The van der Waals surface area contributed by atoms with Crippen molar-refractivity contribution in [2.45, 2.75) is 11.8 Å². The summed E-state index contributed by atoms with van der Waals surface area (Å²) in [4.78, 5) is 9.88. The fourth-order valence-corrected chi connectivity index (χ4v) is 2.38. The molecule has 0 atom stereocenters. The lowest BCUT2D eigenvalue weighted by molar-refractivity contribution is -0.134. The van der Waals surface area contributed by atoms with Crippen molar-refractivity contribution in [1.29, 1.82) is 0 Å². The van der Waals surface area contributed by atoms with E-state index in [1.165, 1.54) is 22.3 Å². The highest BCUT2D eigenvalue weighted by Gasteiger charge is 2.17. The minimum atomic E-state index is -0.833. The van der Waals surface area contributed by atoms with Crippen LogP contribution in [-0.4, -0.2) is 15.6 Å². The van der Waals surface area contributed by atoms with Gasteiger partial charge < -0.3 is 9.66 Å². The molecule has 0 fully saturated rings. The van der Waals surface area contributed by atoms with Crippen LogP contribution in [0.4, 0.5) is 0 Å². The van der Waals surface area contributed by atoms with E-state index in [1.54, 1.807) is 0 Å². The number of benzene rings is 3. The molecule has 0 saturated heterocycles. The van der Waals surface area contributed by atoms with Crippen molar-refractivity contribution in [2.75, 3.05) is 0 Å². The molecule has 0 aromatic heterocycles. The van der Waals surface area contributed by atoms with E-state index in [-0.39, 0.29) is 0 Å². The van der Waals surface area contributed by atoms with E-state index in [0.717, 1.165) is 23.9 Å². The summed E-state index contributed by atoms with van der Waals surface area (Å²) in [5.41, 5.74) is 5.55. The highest BCUT2D eigenvalue weighted by Crippen LogP contribution is 2.43. The van der Waals surface area contributed by atoms with Crippen molar-refractivity contribution in [1.82, 2.24) is 0 Å². The number of carboxylic acids is 1.